The second-order valence-electron chi connectivity index (χ2n) is 10.1. The molecule has 1 saturated carbocycles. The van der Waals surface area contributed by atoms with Gasteiger partial charge in [-0.25, -0.2) is 4.79 Å². The van der Waals surface area contributed by atoms with Crippen LogP contribution in [0.4, 0.5) is 4.79 Å². The number of likely N-dealkylation sites (tertiary alicyclic amines) is 1. The molecule has 2 aliphatic rings. The molecule has 176 valence electrons. The standard InChI is InChI=1S/C26H33N3O4/c1-17-10-11-20(14-27-17)32-21-12-19(13-21)28-24(30)23-16-29(25(31)33-26(2,3)4)15-22(23)18-8-6-5-7-9-18/h5-11,14,19,21-23H,12-13,15-16H2,1-4H3,(H,28,30)/t19-,21-,22-,23+/m0/s1. The molecule has 4 rings (SSSR count). The monoisotopic (exact) mass is 451 g/mol. The molecule has 2 fully saturated rings. The number of benzene rings is 1. The second kappa shape index (κ2) is 9.41. The predicted molar refractivity (Wildman–Crippen MR) is 125 cm³/mol. The average molecular weight is 452 g/mol. The van der Waals surface area contributed by atoms with Crippen LogP contribution in [0, 0.1) is 12.8 Å². The summed E-state index contributed by atoms with van der Waals surface area (Å²) in [5, 5.41) is 3.18. The molecule has 1 aromatic carbocycles. The van der Waals surface area contributed by atoms with Crippen LogP contribution in [0.3, 0.4) is 0 Å². The quantitative estimate of drug-likeness (QED) is 0.741. The maximum atomic E-state index is 13.2. The summed E-state index contributed by atoms with van der Waals surface area (Å²) in [5.41, 5.74) is 1.43. The number of hydrogen-bond acceptors (Lipinski definition) is 5. The lowest BCUT2D eigenvalue weighted by molar-refractivity contribution is -0.126. The Morgan fingerprint density at radius 1 is 1.06 bits per heavy atom. The minimum Gasteiger partial charge on any atom is -0.489 e. The Labute approximate surface area is 195 Å². The topological polar surface area (TPSA) is 80.8 Å². The lowest BCUT2D eigenvalue weighted by atomic mass is 9.85. The van der Waals surface area contributed by atoms with Crippen molar-refractivity contribution in [2.45, 2.75) is 64.2 Å². The molecule has 0 bridgehead atoms. The van der Waals surface area contributed by atoms with Gasteiger partial charge >= 0.3 is 6.09 Å². The molecule has 1 aromatic heterocycles. The van der Waals surface area contributed by atoms with Crippen LogP contribution in [0.15, 0.2) is 48.7 Å². The molecule has 7 nitrogen and oxygen atoms in total. The Balaban J connectivity index is 1.36. The van der Waals surface area contributed by atoms with Gasteiger partial charge in [0.15, 0.2) is 0 Å². The number of hydrogen-bond donors (Lipinski definition) is 1. The lowest BCUT2D eigenvalue weighted by Crippen LogP contribution is -2.51. The van der Waals surface area contributed by atoms with Gasteiger partial charge in [0, 0.05) is 43.6 Å². The van der Waals surface area contributed by atoms with Crippen molar-refractivity contribution in [3.05, 3.63) is 59.9 Å². The molecular weight excluding hydrogens is 418 g/mol. The van der Waals surface area contributed by atoms with E-state index in [4.69, 9.17) is 9.47 Å². The van der Waals surface area contributed by atoms with Gasteiger partial charge in [0.05, 0.1) is 12.1 Å². The van der Waals surface area contributed by atoms with Crippen LogP contribution in [-0.2, 0) is 9.53 Å². The number of carbonyl (C=O) groups is 2. The number of amides is 2. The molecule has 2 aromatic rings. The highest BCUT2D eigenvalue weighted by Crippen LogP contribution is 2.35. The zero-order valence-electron chi connectivity index (χ0n) is 19.8. The van der Waals surface area contributed by atoms with Gasteiger partial charge in [-0.3, -0.25) is 9.78 Å². The van der Waals surface area contributed by atoms with Crippen LogP contribution in [-0.4, -0.2) is 52.7 Å². The van der Waals surface area contributed by atoms with Crippen LogP contribution < -0.4 is 10.1 Å². The lowest BCUT2D eigenvalue weighted by Gasteiger charge is -2.36. The summed E-state index contributed by atoms with van der Waals surface area (Å²) in [4.78, 5) is 31.8. The maximum absolute atomic E-state index is 13.2. The van der Waals surface area contributed by atoms with E-state index in [9.17, 15) is 9.59 Å². The number of aromatic nitrogens is 1. The minimum atomic E-state index is -0.576. The molecule has 0 spiro atoms. The molecule has 0 radical (unpaired) electrons. The third-order valence-corrected chi connectivity index (χ3v) is 6.16. The SMILES string of the molecule is Cc1ccc(O[C@H]2C[C@H](NC(=O)[C@@H]3CN(C(=O)OC(C)(C)C)C[C@H]3c3ccccc3)C2)cn1. The first-order valence-corrected chi connectivity index (χ1v) is 11.6. The maximum Gasteiger partial charge on any atom is 0.410 e. The Bertz CT molecular complexity index is 965. The number of carbonyl (C=O) groups excluding carboxylic acids is 2. The first-order chi connectivity index (χ1) is 15.7. The molecule has 1 saturated heterocycles. The number of pyridine rings is 1. The fourth-order valence-corrected chi connectivity index (χ4v) is 4.39. The highest BCUT2D eigenvalue weighted by Gasteiger charge is 2.43. The van der Waals surface area contributed by atoms with Crippen LogP contribution in [0.1, 0.15) is 50.8 Å². The Hall–Kier alpha value is -3.09. The summed E-state index contributed by atoms with van der Waals surface area (Å²) < 4.78 is 11.5. The van der Waals surface area contributed by atoms with E-state index in [0.717, 1.165) is 29.8 Å². The van der Waals surface area contributed by atoms with E-state index in [-0.39, 0.29) is 36.0 Å². The van der Waals surface area contributed by atoms with E-state index < -0.39 is 5.60 Å². The molecule has 33 heavy (non-hydrogen) atoms. The number of rotatable bonds is 5. The smallest absolute Gasteiger partial charge is 0.410 e. The van der Waals surface area contributed by atoms with Gasteiger partial charge < -0.3 is 19.7 Å². The van der Waals surface area contributed by atoms with Gasteiger partial charge in [0.25, 0.3) is 0 Å². The summed E-state index contributed by atoms with van der Waals surface area (Å²) in [6.45, 7) is 8.30. The van der Waals surface area contributed by atoms with E-state index in [2.05, 4.69) is 10.3 Å². The van der Waals surface area contributed by atoms with Crippen LogP contribution in [0.2, 0.25) is 0 Å². The van der Waals surface area contributed by atoms with Crippen molar-refractivity contribution >= 4 is 12.0 Å². The number of ether oxygens (including phenoxy) is 2. The Morgan fingerprint density at radius 2 is 1.79 bits per heavy atom. The van der Waals surface area contributed by atoms with Gasteiger partial charge in [0.2, 0.25) is 5.91 Å². The van der Waals surface area contributed by atoms with Gasteiger partial charge in [0.1, 0.15) is 17.5 Å². The molecule has 2 atom stereocenters. The van der Waals surface area contributed by atoms with Gasteiger partial charge in [-0.2, -0.15) is 0 Å². The minimum absolute atomic E-state index is 0.0182. The van der Waals surface area contributed by atoms with Crippen LogP contribution >= 0.6 is 0 Å². The molecule has 2 amide bonds. The van der Waals surface area contributed by atoms with Gasteiger partial charge in [-0.15, -0.1) is 0 Å². The van der Waals surface area contributed by atoms with E-state index in [1.54, 1.807) is 11.1 Å². The van der Waals surface area contributed by atoms with Gasteiger partial charge in [-0.1, -0.05) is 30.3 Å². The van der Waals surface area contributed by atoms with Crippen LogP contribution in [0.5, 0.6) is 5.75 Å². The second-order valence-corrected chi connectivity index (χ2v) is 10.1. The highest BCUT2D eigenvalue weighted by molar-refractivity contribution is 5.82. The summed E-state index contributed by atoms with van der Waals surface area (Å²) >= 11 is 0. The van der Waals surface area contributed by atoms with Crippen molar-refractivity contribution in [3.63, 3.8) is 0 Å². The van der Waals surface area contributed by atoms with E-state index >= 15 is 0 Å². The summed E-state index contributed by atoms with van der Waals surface area (Å²) in [6, 6.07) is 13.8. The van der Waals surface area contributed by atoms with Crippen molar-refractivity contribution in [1.29, 1.82) is 0 Å². The highest BCUT2D eigenvalue weighted by atomic mass is 16.6. The predicted octanol–water partition coefficient (Wildman–Crippen LogP) is 4.07. The molecule has 0 unspecified atom stereocenters. The van der Waals surface area contributed by atoms with Gasteiger partial charge in [-0.05, 0) is 45.4 Å². The van der Waals surface area contributed by atoms with Crippen LogP contribution in [0.25, 0.3) is 0 Å². The number of aryl methyl sites for hydroxylation is 1. The van der Waals surface area contributed by atoms with E-state index in [1.165, 1.54) is 0 Å². The third kappa shape index (κ3) is 5.83. The van der Waals surface area contributed by atoms with Crippen molar-refractivity contribution in [3.8, 4) is 5.75 Å². The molecule has 1 aliphatic carbocycles. The van der Waals surface area contributed by atoms with Crippen molar-refractivity contribution < 1.29 is 19.1 Å². The number of nitrogens with zero attached hydrogens (tertiary/aromatic N) is 2. The Morgan fingerprint density at radius 3 is 2.42 bits per heavy atom. The van der Waals surface area contributed by atoms with Crippen molar-refractivity contribution in [2.75, 3.05) is 13.1 Å². The van der Waals surface area contributed by atoms with Crippen molar-refractivity contribution in [1.82, 2.24) is 15.2 Å². The first-order valence-electron chi connectivity index (χ1n) is 11.6. The summed E-state index contributed by atoms with van der Waals surface area (Å²) in [7, 11) is 0. The molecule has 7 heteroatoms. The zero-order chi connectivity index (χ0) is 23.6. The normalized spacial score (nSPS) is 24.7. The zero-order valence-corrected chi connectivity index (χ0v) is 19.8. The van der Waals surface area contributed by atoms with Crippen molar-refractivity contribution in [2.24, 2.45) is 5.92 Å². The fraction of sp³-hybridized carbons (Fsp3) is 0.500. The summed E-state index contributed by atoms with van der Waals surface area (Å²) in [5.74, 6) is 0.351. The molecular formula is C26H33N3O4. The molecule has 1 aliphatic heterocycles. The van der Waals surface area contributed by atoms with E-state index in [1.807, 2.05) is 70.2 Å². The first kappa shape index (κ1) is 23.1. The Kier molecular flexibility index (Phi) is 6.58. The molecule has 1 N–H and O–H groups in total. The largest absolute Gasteiger partial charge is 0.489 e. The summed E-state index contributed by atoms with van der Waals surface area (Å²) in [6.07, 6.45) is 2.96. The third-order valence-electron chi connectivity index (χ3n) is 6.16. The van der Waals surface area contributed by atoms with E-state index in [0.29, 0.717) is 13.1 Å². The average Bonchev–Trinajstić information content (AvgIpc) is 3.19. The fourth-order valence-electron chi connectivity index (χ4n) is 4.39. The number of nitrogens with one attached hydrogen (secondary N) is 1. The molecule has 2 heterocycles.